The number of hydrogen-bond donors (Lipinski definition) is 0. The van der Waals surface area contributed by atoms with E-state index >= 15 is 0 Å². The fourth-order valence-corrected chi connectivity index (χ4v) is 2.12. The highest BCUT2D eigenvalue weighted by Crippen LogP contribution is 2.23. The van der Waals surface area contributed by atoms with Crippen molar-refractivity contribution in [2.75, 3.05) is 6.26 Å². The molecule has 1 aromatic rings. The van der Waals surface area contributed by atoms with Gasteiger partial charge in [0.1, 0.15) is 5.25 Å². The van der Waals surface area contributed by atoms with Crippen molar-refractivity contribution in [1.29, 1.82) is 0 Å². The minimum atomic E-state index is -3.42. The van der Waals surface area contributed by atoms with E-state index in [4.69, 9.17) is 23.2 Å². The molecule has 0 saturated heterocycles. The van der Waals surface area contributed by atoms with E-state index in [0.717, 1.165) is 6.26 Å². The molecule has 0 bridgehead atoms. The van der Waals surface area contributed by atoms with Gasteiger partial charge >= 0.3 is 0 Å². The Morgan fingerprint density at radius 2 is 1.88 bits per heavy atom. The van der Waals surface area contributed by atoms with Gasteiger partial charge in [-0.15, -0.1) is 0 Å². The van der Waals surface area contributed by atoms with E-state index in [1.165, 1.54) is 25.1 Å². The van der Waals surface area contributed by atoms with Gasteiger partial charge in [-0.25, -0.2) is 8.42 Å². The van der Waals surface area contributed by atoms with Crippen molar-refractivity contribution < 1.29 is 13.2 Å². The molecular formula is C10H10Cl2O3S. The van der Waals surface area contributed by atoms with Gasteiger partial charge in [-0.2, -0.15) is 0 Å². The summed E-state index contributed by atoms with van der Waals surface area (Å²) in [5.41, 5.74) is 0.170. The first-order valence-corrected chi connectivity index (χ1v) is 7.12. The molecule has 3 nitrogen and oxygen atoms in total. The van der Waals surface area contributed by atoms with Gasteiger partial charge in [0.15, 0.2) is 15.6 Å². The summed E-state index contributed by atoms with van der Waals surface area (Å²) in [7, 11) is -3.42. The Morgan fingerprint density at radius 1 is 1.31 bits per heavy atom. The third-order valence-electron chi connectivity index (χ3n) is 2.21. The van der Waals surface area contributed by atoms with Crippen molar-refractivity contribution >= 4 is 38.8 Å². The summed E-state index contributed by atoms with van der Waals surface area (Å²) >= 11 is 11.5. The summed E-state index contributed by atoms with van der Waals surface area (Å²) in [6.45, 7) is 1.34. The Bertz CT molecular complexity index is 523. The molecule has 6 heteroatoms. The number of hydrogen-bond acceptors (Lipinski definition) is 3. The maximum Gasteiger partial charge on any atom is 0.182 e. The monoisotopic (exact) mass is 280 g/mol. The molecule has 1 aromatic carbocycles. The highest BCUT2D eigenvalue weighted by atomic mass is 35.5. The quantitative estimate of drug-likeness (QED) is 0.800. The molecule has 0 heterocycles. The van der Waals surface area contributed by atoms with Gasteiger partial charge in [-0.1, -0.05) is 23.2 Å². The van der Waals surface area contributed by atoms with Crippen molar-refractivity contribution in [1.82, 2.24) is 0 Å². The lowest BCUT2D eigenvalue weighted by atomic mass is 10.1. The van der Waals surface area contributed by atoms with E-state index in [0.29, 0.717) is 5.02 Å². The lowest BCUT2D eigenvalue weighted by Gasteiger charge is -2.09. The SMILES string of the molecule is C[C@H](C(=O)c1ccc(Cl)cc1Cl)S(C)(=O)=O. The molecule has 0 radical (unpaired) electrons. The topological polar surface area (TPSA) is 51.2 Å². The fraction of sp³-hybridized carbons (Fsp3) is 0.300. The lowest BCUT2D eigenvalue weighted by Crippen LogP contribution is -2.26. The zero-order chi connectivity index (χ0) is 12.5. The molecule has 88 valence electrons. The second-order valence-corrected chi connectivity index (χ2v) is 6.67. The lowest BCUT2D eigenvalue weighted by molar-refractivity contribution is 0.0992. The third-order valence-corrected chi connectivity index (χ3v) is 4.25. The van der Waals surface area contributed by atoms with Gasteiger partial charge in [0, 0.05) is 16.8 Å². The van der Waals surface area contributed by atoms with E-state index in [1.54, 1.807) is 0 Å². The number of benzene rings is 1. The molecule has 0 aliphatic carbocycles. The number of rotatable bonds is 3. The highest BCUT2D eigenvalue weighted by molar-refractivity contribution is 7.92. The molecule has 1 rings (SSSR count). The summed E-state index contributed by atoms with van der Waals surface area (Å²) in [6.07, 6.45) is 1.01. The molecule has 0 aromatic heterocycles. The Hall–Kier alpha value is -0.580. The van der Waals surface area contributed by atoms with Gasteiger partial charge in [0.25, 0.3) is 0 Å². The first kappa shape index (κ1) is 13.5. The van der Waals surface area contributed by atoms with Gasteiger partial charge in [-0.3, -0.25) is 4.79 Å². The van der Waals surface area contributed by atoms with Crippen LogP contribution in [0.1, 0.15) is 17.3 Å². The fourth-order valence-electron chi connectivity index (χ4n) is 1.10. The Labute approximate surface area is 104 Å². The molecule has 0 spiro atoms. The molecule has 0 unspecified atom stereocenters. The number of halogens is 2. The third kappa shape index (κ3) is 2.97. The summed E-state index contributed by atoms with van der Waals surface area (Å²) in [5.74, 6) is -0.524. The summed E-state index contributed by atoms with van der Waals surface area (Å²) in [6, 6.07) is 4.33. The van der Waals surface area contributed by atoms with E-state index in [1.807, 2.05) is 0 Å². The normalized spacial score (nSPS) is 13.5. The van der Waals surface area contributed by atoms with E-state index < -0.39 is 20.9 Å². The van der Waals surface area contributed by atoms with Crippen LogP contribution in [-0.2, 0) is 9.84 Å². The molecule has 0 aliphatic rings. The highest BCUT2D eigenvalue weighted by Gasteiger charge is 2.26. The van der Waals surface area contributed by atoms with Crippen LogP contribution in [0, 0.1) is 0 Å². The first-order chi connectivity index (χ1) is 7.23. The van der Waals surface area contributed by atoms with Crippen molar-refractivity contribution in [3.05, 3.63) is 33.8 Å². The average Bonchev–Trinajstić information content (AvgIpc) is 2.14. The van der Waals surface area contributed by atoms with Crippen LogP contribution in [0.5, 0.6) is 0 Å². The number of carbonyl (C=O) groups is 1. The maximum absolute atomic E-state index is 11.8. The Morgan fingerprint density at radius 3 is 2.31 bits per heavy atom. The zero-order valence-corrected chi connectivity index (χ0v) is 11.0. The van der Waals surface area contributed by atoms with Crippen molar-refractivity contribution in [2.24, 2.45) is 0 Å². The predicted octanol–water partition coefficient (Wildman–Crippen LogP) is 2.61. The van der Waals surface area contributed by atoms with Crippen LogP contribution in [0.15, 0.2) is 18.2 Å². The van der Waals surface area contributed by atoms with Crippen LogP contribution in [0.4, 0.5) is 0 Å². The molecular weight excluding hydrogens is 271 g/mol. The minimum absolute atomic E-state index is 0.160. The Kier molecular flexibility index (Phi) is 3.99. The summed E-state index contributed by atoms with van der Waals surface area (Å²) < 4.78 is 22.5. The van der Waals surface area contributed by atoms with Crippen LogP contribution in [0.3, 0.4) is 0 Å². The van der Waals surface area contributed by atoms with Gasteiger partial charge in [0.2, 0.25) is 0 Å². The molecule has 0 fully saturated rings. The van der Waals surface area contributed by atoms with Gasteiger partial charge in [-0.05, 0) is 25.1 Å². The van der Waals surface area contributed by atoms with Gasteiger partial charge < -0.3 is 0 Å². The molecule has 16 heavy (non-hydrogen) atoms. The summed E-state index contributed by atoms with van der Waals surface area (Å²) in [5, 5.41) is -0.548. The van der Waals surface area contributed by atoms with E-state index in [2.05, 4.69) is 0 Å². The zero-order valence-electron chi connectivity index (χ0n) is 8.70. The predicted molar refractivity (Wildman–Crippen MR) is 65.1 cm³/mol. The maximum atomic E-state index is 11.8. The number of ketones is 1. The van der Waals surface area contributed by atoms with E-state index in [-0.39, 0.29) is 10.6 Å². The van der Waals surface area contributed by atoms with Crippen LogP contribution < -0.4 is 0 Å². The summed E-state index contributed by atoms with van der Waals surface area (Å²) in [4.78, 5) is 11.8. The number of Topliss-reactive ketones (excluding diaryl/α,β-unsaturated/α-hetero) is 1. The van der Waals surface area contributed by atoms with Crippen LogP contribution >= 0.6 is 23.2 Å². The minimum Gasteiger partial charge on any atom is -0.293 e. The Balaban J connectivity index is 3.16. The second kappa shape index (κ2) is 4.73. The van der Waals surface area contributed by atoms with E-state index in [9.17, 15) is 13.2 Å². The average molecular weight is 281 g/mol. The van der Waals surface area contributed by atoms with Crippen molar-refractivity contribution in [2.45, 2.75) is 12.2 Å². The van der Waals surface area contributed by atoms with Crippen molar-refractivity contribution in [3.63, 3.8) is 0 Å². The molecule has 0 N–H and O–H groups in total. The molecule has 1 atom stereocenters. The van der Waals surface area contributed by atoms with Crippen LogP contribution in [0.25, 0.3) is 0 Å². The van der Waals surface area contributed by atoms with Gasteiger partial charge in [0.05, 0.1) is 5.02 Å². The smallest absolute Gasteiger partial charge is 0.182 e. The largest absolute Gasteiger partial charge is 0.293 e. The van der Waals surface area contributed by atoms with Crippen LogP contribution in [-0.4, -0.2) is 25.7 Å². The first-order valence-electron chi connectivity index (χ1n) is 4.41. The molecule has 0 aliphatic heterocycles. The molecule has 0 amide bonds. The number of sulfone groups is 1. The van der Waals surface area contributed by atoms with Crippen molar-refractivity contribution in [3.8, 4) is 0 Å². The standard InChI is InChI=1S/C10H10Cl2O3S/c1-6(16(2,14)15)10(13)8-4-3-7(11)5-9(8)12/h3-6H,1-2H3/t6-/m1/s1. The molecule has 0 saturated carbocycles. The number of carbonyl (C=O) groups excluding carboxylic acids is 1. The second-order valence-electron chi connectivity index (χ2n) is 3.46. The van der Waals surface area contributed by atoms with Crippen LogP contribution in [0.2, 0.25) is 10.0 Å².